The van der Waals surface area contributed by atoms with Crippen LogP contribution >= 0.6 is 11.8 Å². The van der Waals surface area contributed by atoms with Gasteiger partial charge in [-0.2, -0.15) is 0 Å². The molecule has 0 radical (unpaired) electrons. The molecule has 1 aromatic heterocycles. The normalized spacial score (nSPS) is 12.8. The predicted octanol–water partition coefficient (Wildman–Crippen LogP) is 5.28. The lowest BCUT2D eigenvalue weighted by molar-refractivity contribution is -0.384. The zero-order valence-corrected chi connectivity index (χ0v) is 18.1. The molecule has 3 aromatic carbocycles. The van der Waals surface area contributed by atoms with E-state index in [9.17, 15) is 14.9 Å². The van der Waals surface area contributed by atoms with Crippen molar-refractivity contribution >= 4 is 39.9 Å². The molecule has 0 saturated carbocycles. The minimum atomic E-state index is -0.390. The number of carbonyl (C=O) groups is 1. The van der Waals surface area contributed by atoms with E-state index in [4.69, 9.17) is 0 Å². The molecule has 160 valence electrons. The molecule has 0 bridgehead atoms. The number of benzene rings is 3. The van der Waals surface area contributed by atoms with Gasteiger partial charge in [0.1, 0.15) is 0 Å². The van der Waals surface area contributed by atoms with Gasteiger partial charge in [0.25, 0.3) is 5.69 Å². The summed E-state index contributed by atoms with van der Waals surface area (Å²) in [6.45, 7) is 1.34. The number of para-hydroxylation sites is 2. The number of rotatable bonds is 6. The number of fused-ring (bicyclic) bond motifs is 2. The Balaban J connectivity index is 1.35. The maximum atomic E-state index is 12.9. The standard InChI is InChI=1S/C25H21N3O3S/c29-25(27-14-13-19-5-1-3-7-22(19)27)17-32-24-16-26(23-8-4-2-6-21(23)24)15-18-9-11-20(12-10-18)28(30)31/h1-12,16H,13-15,17H2. The molecule has 5 rings (SSSR count). The van der Waals surface area contributed by atoms with Crippen molar-refractivity contribution in [1.82, 2.24) is 4.57 Å². The van der Waals surface area contributed by atoms with Crippen LogP contribution in [0.25, 0.3) is 10.9 Å². The fourth-order valence-corrected chi connectivity index (χ4v) is 5.16. The summed E-state index contributed by atoms with van der Waals surface area (Å²) in [6.07, 6.45) is 2.98. The molecule has 2 heterocycles. The average molecular weight is 444 g/mol. The van der Waals surface area contributed by atoms with Gasteiger partial charge in [-0.3, -0.25) is 14.9 Å². The maximum absolute atomic E-state index is 12.9. The molecule has 6 nitrogen and oxygen atoms in total. The van der Waals surface area contributed by atoms with Crippen molar-refractivity contribution in [2.45, 2.75) is 17.9 Å². The van der Waals surface area contributed by atoms with Gasteiger partial charge in [0, 0.05) is 52.9 Å². The molecular weight excluding hydrogens is 422 g/mol. The number of non-ortho nitro benzene ring substituents is 1. The van der Waals surface area contributed by atoms with E-state index in [-0.39, 0.29) is 16.5 Å². The first-order chi connectivity index (χ1) is 15.6. The summed E-state index contributed by atoms with van der Waals surface area (Å²) in [5.41, 5.74) is 4.40. The monoisotopic (exact) mass is 443 g/mol. The Hall–Kier alpha value is -3.58. The third kappa shape index (κ3) is 3.87. The first-order valence-corrected chi connectivity index (χ1v) is 11.4. The molecule has 1 amide bonds. The highest BCUT2D eigenvalue weighted by molar-refractivity contribution is 8.00. The van der Waals surface area contributed by atoms with Gasteiger partial charge in [-0.25, -0.2) is 0 Å². The number of nitro benzene ring substituents is 1. The maximum Gasteiger partial charge on any atom is 0.269 e. The van der Waals surface area contributed by atoms with E-state index in [1.807, 2.05) is 35.2 Å². The van der Waals surface area contributed by atoms with E-state index in [0.717, 1.165) is 40.0 Å². The van der Waals surface area contributed by atoms with Gasteiger partial charge in [-0.05, 0) is 29.7 Å². The third-order valence-corrected chi connectivity index (χ3v) is 6.82. The predicted molar refractivity (Wildman–Crippen MR) is 127 cm³/mol. The fourth-order valence-electron chi connectivity index (χ4n) is 4.19. The van der Waals surface area contributed by atoms with Gasteiger partial charge in [-0.15, -0.1) is 11.8 Å². The lowest BCUT2D eigenvalue weighted by Gasteiger charge is -2.16. The Morgan fingerprint density at radius 2 is 1.75 bits per heavy atom. The van der Waals surface area contributed by atoms with Crippen molar-refractivity contribution in [2.24, 2.45) is 0 Å². The van der Waals surface area contributed by atoms with Crippen molar-refractivity contribution in [3.05, 3.63) is 100 Å². The summed E-state index contributed by atoms with van der Waals surface area (Å²) < 4.78 is 2.13. The molecule has 0 fully saturated rings. The zero-order valence-electron chi connectivity index (χ0n) is 17.3. The van der Waals surface area contributed by atoms with Crippen molar-refractivity contribution in [2.75, 3.05) is 17.2 Å². The Morgan fingerprint density at radius 1 is 1.00 bits per heavy atom. The van der Waals surface area contributed by atoms with Crippen LogP contribution in [0.5, 0.6) is 0 Å². The number of nitro groups is 1. The Bertz CT molecular complexity index is 1310. The van der Waals surface area contributed by atoms with E-state index in [1.54, 1.807) is 23.9 Å². The van der Waals surface area contributed by atoms with Crippen LogP contribution in [0, 0.1) is 10.1 Å². The van der Waals surface area contributed by atoms with Crippen LogP contribution < -0.4 is 4.90 Å². The van der Waals surface area contributed by atoms with Crippen LogP contribution in [-0.2, 0) is 17.8 Å². The van der Waals surface area contributed by atoms with Crippen molar-refractivity contribution in [1.29, 1.82) is 0 Å². The summed E-state index contributed by atoms with van der Waals surface area (Å²) in [5, 5.41) is 12.0. The van der Waals surface area contributed by atoms with E-state index in [2.05, 4.69) is 29.0 Å². The molecule has 0 unspecified atom stereocenters. The first kappa shape index (κ1) is 20.3. The Labute approximate surface area is 189 Å². The molecule has 7 heteroatoms. The van der Waals surface area contributed by atoms with Gasteiger partial charge in [-0.1, -0.05) is 48.5 Å². The molecule has 0 N–H and O–H groups in total. The van der Waals surface area contributed by atoms with Gasteiger partial charge in [0.05, 0.1) is 10.7 Å². The summed E-state index contributed by atoms with van der Waals surface area (Å²) in [7, 11) is 0. The van der Waals surface area contributed by atoms with Gasteiger partial charge in [0.2, 0.25) is 5.91 Å². The van der Waals surface area contributed by atoms with Crippen molar-refractivity contribution < 1.29 is 9.72 Å². The van der Waals surface area contributed by atoms with E-state index < -0.39 is 0 Å². The Kier molecular flexibility index (Phi) is 5.41. The lowest BCUT2D eigenvalue weighted by Crippen LogP contribution is -2.30. The summed E-state index contributed by atoms with van der Waals surface area (Å²) >= 11 is 1.56. The third-order valence-electron chi connectivity index (χ3n) is 5.79. The number of anilines is 1. The van der Waals surface area contributed by atoms with Crippen LogP contribution in [0.15, 0.2) is 83.9 Å². The summed E-state index contributed by atoms with van der Waals surface area (Å²) in [4.78, 5) is 26.4. The Morgan fingerprint density at radius 3 is 2.56 bits per heavy atom. The van der Waals surface area contributed by atoms with Gasteiger partial charge >= 0.3 is 0 Å². The topological polar surface area (TPSA) is 68.4 Å². The number of amides is 1. The molecule has 32 heavy (non-hydrogen) atoms. The van der Waals surface area contributed by atoms with Gasteiger partial charge in [0.15, 0.2) is 0 Å². The fraction of sp³-hybridized carbons (Fsp3) is 0.160. The highest BCUT2D eigenvalue weighted by Crippen LogP contribution is 2.33. The van der Waals surface area contributed by atoms with Crippen LogP contribution in [0.1, 0.15) is 11.1 Å². The summed E-state index contributed by atoms with van der Waals surface area (Å²) in [6, 6.07) is 22.8. The largest absolute Gasteiger partial charge is 0.342 e. The first-order valence-electron chi connectivity index (χ1n) is 10.4. The SMILES string of the molecule is O=C(CSc1cn(Cc2ccc([N+](=O)[O-])cc2)c2ccccc12)N1CCc2ccccc21. The quantitative estimate of drug-likeness (QED) is 0.231. The second-order valence-electron chi connectivity index (χ2n) is 7.77. The van der Waals surface area contributed by atoms with E-state index in [1.165, 1.54) is 17.7 Å². The minimum absolute atomic E-state index is 0.0874. The van der Waals surface area contributed by atoms with Crippen molar-refractivity contribution in [3.8, 4) is 0 Å². The van der Waals surface area contributed by atoms with Crippen LogP contribution in [0.2, 0.25) is 0 Å². The number of aromatic nitrogens is 1. The van der Waals surface area contributed by atoms with Gasteiger partial charge < -0.3 is 9.47 Å². The number of hydrogen-bond acceptors (Lipinski definition) is 4. The second kappa shape index (κ2) is 8.51. The molecule has 0 atom stereocenters. The average Bonchev–Trinajstić information content (AvgIpc) is 3.40. The molecule has 0 spiro atoms. The summed E-state index contributed by atoms with van der Waals surface area (Å²) in [5.74, 6) is 0.493. The number of carbonyl (C=O) groups excluding carboxylic acids is 1. The molecule has 0 aliphatic carbocycles. The number of thioether (sulfide) groups is 1. The second-order valence-corrected chi connectivity index (χ2v) is 8.79. The van der Waals surface area contributed by atoms with Crippen LogP contribution in [0.4, 0.5) is 11.4 Å². The van der Waals surface area contributed by atoms with Crippen molar-refractivity contribution in [3.63, 3.8) is 0 Å². The lowest BCUT2D eigenvalue weighted by atomic mass is 10.2. The smallest absolute Gasteiger partial charge is 0.269 e. The molecule has 1 aliphatic heterocycles. The highest BCUT2D eigenvalue weighted by atomic mass is 32.2. The number of nitrogens with zero attached hydrogens (tertiary/aromatic N) is 3. The molecule has 0 saturated heterocycles. The number of hydrogen-bond donors (Lipinski definition) is 0. The zero-order chi connectivity index (χ0) is 22.1. The molecule has 4 aromatic rings. The highest BCUT2D eigenvalue weighted by Gasteiger charge is 2.24. The van der Waals surface area contributed by atoms with Crippen LogP contribution in [0.3, 0.4) is 0 Å². The molecule has 1 aliphatic rings. The van der Waals surface area contributed by atoms with E-state index in [0.29, 0.717) is 12.3 Å². The van der Waals surface area contributed by atoms with E-state index >= 15 is 0 Å². The molecular formula is C25H21N3O3S. The minimum Gasteiger partial charge on any atom is -0.342 e. The van der Waals surface area contributed by atoms with Crippen LogP contribution in [-0.4, -0.2) is 27.7 Å².